The second-order valence-electron chi connectivity index (χ2n) is 17.3. The molecular formula is C41H72O9. The van der Waals surface area contributed by atoms with E-state index in [-0.39, 0.29) is 78.0 Å². The molecular weight excluding hydrogens is 636 g/mol. The summed E-state index contributed by atoms with van der Waals surface area (Å²) in [6.45, 7) is 19.6. The number of ether oxygens (including phenoxy) is 2. The van der Waals surface area contributed by atoms with Gasteiger partial charge >= 0.3 is 5.97 Å². The van der Waals surface area contributed by atoms with E-state index in [9.17, 15) is 29.7 Å². The van der Waals surface area contributed by atoms with E-state index in [0.717, 1.165) is 38.5 Å². The minimum atomic E-state index is -0.783. The molecule has 4 N–H and O–H groups in total. The van der Waals surface area contributed by atoms with Crippen LogP contribution in [0, 0.1) is 41.4 Å². The van der Waals surface area contributed by atoms with Gasteiger partial charge in [-0.25, -0.2) is 0 Å². The summed E-state index contributed by atoms with van der Waals surface area (Å²) >= 11 is 0. The highest BCUT2D eigenvalue weighted by Gasteiger charge is 2.51. The average Bonchev–Trinajstić information content (AvgIpc) is 3.63. The molecule has 0 aromatic carbocycles. The van der Waals surface area contributed by atoms with E-state index in [1.165, 1.54) is 0 Å². The number of hydrogen-bond donors (Lipinski definition) is 4. The Labute approximate surface area is 303 Å². The lowest BCUT2D eigenvalue weighted by atomic mass is 9.83. The molecule has 2 aliphatic rings. The number of carboxylic acids is 1. The summed E-state index contributed by atoms with van der Waals surface area (Å²) in [6, 6.07) is 0. The highest BCUT2D eigenvalue weighted by atomic mass is 16.6. The van der Waals surface area contributed by atoms with Crippen LogP contribution in [0.1, 0.15) is 146 Å². The number of carbonyl (C=O) groups excluding carboxylic acids is 2. The quantitative estimate of drug-likeness (QED) is 0.0633. The van der Waals surface area contributed by atoms with E-state index in [2.05, 4.69) is 26.8 Å². The van der Waals surface area contributed by atoms with E-state index in [1.807, 2.05) is 47.6 Å². The highest BCUT2D eigenvalue weighted by Crippen LogP contribution is 2.45. The van der Waals surface area contributed by atoms with Gasteiger partial charge in [-0.1, -0.05) is 60.6 Å². The zero-order valence-electron chi connectivity index (χ0n) is 32.9. The molecule has 14 unspecified atom stereocenters. The normalized spacial score (nSPS) is 30.3. The van der Waals surface area contributed by atoms with Crippen LogP contribution in [-0.2, 0) is 23.9 Å². The van der Waals surface area contributed by atoms with Crippen molar-refractivity contribution in [2.24, 2.45) is 41.4 Å². The third-order valence-corrected chi connectivity index (χ3v) is 12.1. The Morgan fingerprint density at radius 1 is 0.800 bits per heavy atom. The van der Waals surface area contributed by atoms with Gasteiger partial charge in [-0.3, -0.25) is 14.4 Å². The number of rotatable bonds is 23. The fourth-order valence-electron chi connectivity index (χ4n) is 8.13. The summed E-state index contributed by atoms with van der Waals surface area (Å²) in [7, 11) is 0. The van der Waals surface area contributed by atoms with Gasteiger partial charge < -0.3 is 29.9 Å². The standard InChI is InChI=1S/C41H72O9/c1-25(21-29(5)34(43)24-35(44)30(6)22-27(3)20-26(2)14-15-38(46)47)12-11-13-28(4)39(48)31(7)36(45)23-33-16-18-41(10,49-33)37-17-19-40(9,50-37)32(8)42/h11,13,25-33,36-37,39,42,45,48H,12,14-24H2,1-10H3,(H,46,47)/b13-11+. The summed E-state index contributed by atoms with van der Waals surface area (Å²) < 4.78 is 12.7. The van der Waals surface area contributed by atoms with Crippen molar-refractivity contribution in [2.75, 3.05) is 0 Å². The van der Waals surface area contributed by atoms with Gasteiger partial charge in [0.1, 0.15) is 11.6 Å². The molecule has 2 fully saturated rings. The Bertz CT molecular complexity index is 1110. The van der Waals surface area contributed by atoms with Crippen LogP contribution in [0.25, 0.3) is 0 Å². The fourth-order valence-corrected chi connectivity index (χ4v) is 8.13. The number of ketones is 2. The number of aliphatic carboxylic acids is 1. The van der Waals surface area contributed by atoms with Crippen molar-refractivity contribution in [1.82, 2.24) is 0 Å². The first-order valence-electron chi connectivity index (χ1n) is 19.5. The second-order valence-corrected chi connectivity index (χ2v) is 17.3. The Kier molecular flexibility index (Phi) is 17.8. The average molecular weight is 709 g/mol. The van der Waals surface area contributed by atoms with Crippen LogP contribution < -0.4 is 0 Å². The Morgan fingerprint density at radius 3 is 1.96 bits per heavy atom. The maximum absolute atomic E-state index is 12.9. The summed E-state index contributed by atoms with van der Waals surface area (Å²) in [4.78, 5) is 36.6. The van der Waals surface area contributed by atoms with Crippen LogP contribution in [0.5, 0.6) is 0 Å². The van der Waals surface area contributed by atoms with Crippen molar-refractivity contribution in [3.8, 4) is 0 Å². The minimum Gasteiger partial charge on any atom is -0.481 e. The monoisotopic (exact) mass is 709 g/mol. The van der Waals surface area contributed by atoms with Crippen LogP contribution in [0.2, 0.25) is 0 Å². The lowest BCUT2D eigenvalue weighted by molar-refractivity contribution is -0.172. The number of hydrogen-bond acceptors (Lipinski definition) is 8. The van der Waals surface area contributed by atoms with Crippen molar-refractivity contribution >= 4 is 17.5 Å². The molecule has 0 bridgehead atoms. The molecule has 0 radical (unpaired) electrons. The lowest BCUT2D eigenvalue weighted by Crippen LogP contribution is -2.44. The highest BCUT2D eigenvalue weighted by molar-refractivity contribution is 6.00. The second kappa shape index (κ2) is 20.0. The van der Waals surface area contributed by atoms with Crippen molar-refractivity contribution in [2.45, 2.75) is 188 Å². The van der Waals surface area contributed by atoms with E-state index < -0.39 is 35.5 Å². The minimum absolute atomic E-state index is 0.0184. The SMILES string of the molecule is CC(CCC(=O)O)CC(C)CC(C)C(=O)CC(=O)C(C)CC(C)C/C=C/C(C)C(O)C(C)C(O)CC1CCC(C)(C2CCC(C)(C(C)O)O2)O1. The molecule has 0 aliphatic carbocycles. The molecule has 2 heterocycles. The summed E-state index contributed by atoms with van der Waals surface area (Å²) in [5.74, 6) is -0.948. The molecule has 9 nitrogen and oxygen atoms in total. The smallest absolute Gasteiger partial charge is 0.303 e. The van der Waals surface area contributed by atoms with E-state index in [1.54, 1.807) is 6.92 Å². The zero-order chi connectivity index (χ0) is 38.0. The van der Waals surface area contributed by atoms with Gasteiger partial charge in [-0.2, -0.15) is 0 Å². The van der Waals surface area contributed by atoms with Crippen LogP contribution >= 0.6 is 0 Å². The van der Waals surface area contributed by atoms with Gasteiger partial charge in [0, 0.05) is 30.1 Å². The predicted molar refractivity (Wildman–Crippen MR) is 197 cm³/mol. The lowest BCUT2D eigenvalue weighted by Gasteiger charge is -2.35. The van der Waals surface area contributed by atoms with Gasteiger partial charge in [0.15, 0.2) is 0 Å². The summed E-state index contributed by atoms with van der Waals surface area (Å²) in [5.41, 5.74) is -1.01. The number of allylic oxidation sites excluding steroid dienone is 1. The molecule has 0 aromatic heterocycles. The maximum Gasteiger partial charge on any atom is 0.303 e. The van der Waals surface area contributed by atoms with Gasteiger partial charge in [-0.05, 0) is 103 Å². The van der Waals surface area contributed by atoms with Crippen LogP contribution in [-0.4, -0.2) is 79.7 Å². The Balaban J connectivity index is 1.73. The van der Waals surface area contributed by atoms with E-state index >= 15 is 0 Å². The molecule has 0 amide bonds. The molecule has 14 atom stereocenters. The van der Waals surface area contributed by atoms with Gasteiger partial charge in [-0.15, -0.1) is 0 Å². The van der Waals surface area contributed by atoms with Crippen LogP contribution in [0.4, 0.5) is 0 Å². The fraction of sp³-hybridized carbons (Fsp3) is 0.878. The topological polar surface area (TPSA) is 151 Å². The van der Waals surface area contributed by atoms with Crippen molar-refractivity contribution < 1.29 is 44.3 Å². The van der Waals surface area contributed by atoms with Gasteiger partial charge in [0.05, 0.1) is 48.1 Å². The summed E-state index contributed by atoms with van der Waals surface area (Å²) in [6.07, 6.45) is 9.30. The molecule has 2 rings (SSSR count). The number of carbonyl (C=O) groups is 3. The molecule has 2 saturated heterocycles. The molecule has 0 saturated carbocycles. The van der Waals surface area contributed by atoms with Crippen LogP contribution in [0.3, 0.4) is 0 Å². The van der Waals surface area contributed by atoms with E-state index in [0.29, 0.717) is 25.7 Å². The summed E-state index contributed by atoms with van der Waals surface area (Å²) in [5, 5.41) is 41.2. The molecule has 9 heteroatoms. The first-order chi connectivity index (χ1) is 23.2. The molecule has 290 valence electrons. The van der Waals surface area contributed by atoms with Crippen molar-refractivity contribution in [3.63, 3.8) is 0 Å². The van der Waals surface area contributed by atoms with Crippen molar-refractivity contribution in [3.05, 3.63) is 12.2 Å². The van der Waals surface area contributed by atoms with E-state index in [4.69, 9.17) is 14.6 Å². The molecule has 50 heavy (non-hydrogen) atoms. The number of Topliss-reactive ketones (excluding diaryl/α,β-unsaturated/α-hetero) is 2. The van der Waals surface area contributed by atoms with Crippen molar-refractivity contribution in [1.29, 1.82) is 0 Å². The molecule has 0 aromatic rings. The third-order valence-electron chi connectivity index (χ3n) is 12.1. The number of aliphatic hydroxyl groups excluding tert-OH is 3. The third kappa shape index (κ3) is 13.7. The maximum atomic E-state index is 12.9. The number of aliphatic hydroxyl groups is 3. The molecule has 2 aliphatic heterocycles. The first-order valence-corrected chi connectivity index (χ1v) is 19.5. The number of carboxylic acid groups (broad SMARTS) is 1. The largest absolute Gasteiger partial charge is 0.481 e. The zero-order valence-corrected chi connectivity index (χ0v) is 32.9. The van der Waals surface area contributed by atoms with Crippen LogP contribution in [0.15, 0.2) is 12.2 Å². The first kappa shape index (κ1) is 44.5. The van der Waals surface area contributed by atoms with Gasteiger partial charge in [0.2, 0.25) is 0 Å². The Morgan fingerprint density at radius 2 is 1.40 bits per heavy atom. The van der Waals surface area contributed by atoms with Gasteiger partial charge in [0.25, 0.3) is 0 Å². The molecule has 0 spiro atoms. The Hall–Kier alpha value is -1.65. The predicted octanol–water partition coefficient (Wildman–Crippen LogP) is 7.32.